The molecule has 0 bridgehead atoms. The van der Waals surface area contributed by atoms with Gasteiger partial charge in [0.05, 0.1) is 12.2 Å². The van der Waals surface area contributed by atoms with Gasteiger partial charge in [0.25, 0.3) is 0 Å². The van der Waals surface area contributed by atoms with Crippen LogP contribution in [-0.4, -0.2) is 36.7 Å². The van der Waals surface area contributed by atoms with E-state index in [0.717, 1.165) is 32.7 Å². The third kappa shape index (κ3) is 4.28. The average Bonchev–Trinajstić information content (AvgIpc) is 2.66. The molecule has 108 valence electrons. The molecule has 0 amide bonds. The fraction of sp³-hybridized carbons (Fsp3) is 0.733. The number of rotatable bonds is 5. The van der Waals surface area contributed by atoms with E-state index < -0.39 is 0 Å². The average molecular weight is 282 g/mol. The molecule has 0 aliphatic carbocycles. The van der Waals surface area contributed by atoms with Crippen LogP contribution in [0, 0.1) is 6.92 Å². The monoisotopic (exact) mass is 282 g/mol. The van der Waals surface area contributed by atoms with Gasteiger partial charge in [-0.1, -0.05) is 6.92 Å². The van der Waals surface area contributed by atoms with Crippen LogP contribution in [0.2, 0.25) is 0 Å². The maximum absolute atomic E-state index is 5.79. The number of ether oxygens (including phenoxy) is 1. The first-order valence-electron chi connectivity index (χ1n) is 7.25. The van der Waals surface area contributed by atoms with Crippen LogP contribution in [0.15, 0.2) is 6.07 Å². The molecule has 1 aromatic rings. The van der Waals surface area contributed by atoms with E-state index in [1.165, 1.54) is 15.3 Å². The molecule has 1 aliphatic heterocycles. The second kappa shape index (κ2) is 6.84. The minimum Gasteiger partial charge on any atom is -0.373 e. The van der Waals surface area contributed by atoms with E-state index in [0.29, 0.717) is 12.2 Å². The molecule has 0 spiro atoms. The molecule has 1 aromatic heterocycles. The van der Waals surface area contributed by atoms with Gasteiger partial charge in [-0.05, 0) is 38.9 Å². The summed E-state index contributed by atoms with van der Waals surface area (Å²) in [4.78, 5) is 5.42. The largest absolute Gasteiger partial charge is 0.373 e. The maximum atomic E-state index is 5.79. The Labute approximate surface area is 121 Å². The number of nitrogens with one attached hydrogen (secondary N) is 1. The van der Waals surface area contributed by atoms with E-state index in [2.05, 4.69) is 44.0 Å². The molecular formula is C15H26N2OS. The lowest BCUT2D eigenvalue weighted by atomic mass is 10.2. The first-order chi connectivity index (χ1) is 9.08. The second-order valence-electron chi connectivity index (χ2n) is 5.53. The molecule has 1 fully saturated rings. The highest BCUT2D eigenvalue weighted by Gasteiger charge is 2.22. The van der Waals surface area contributed by atoms with Crippen LogP contribution in [0.25, 0.3) is 0 Å². The summed E-state index contributed by atoms with van der Waals surface area (Å²) in [5.41, 5.74) is 1.49. The number of nitrogens with zero attached hydrogens (tertiary/aromatic N) is 1. The highest BCUT2D eigenvalue weighted by atomic mass is 32.1. The Hall–Kier alpha value is -0.420. The van der Waals surface area contributed by atoms with Gasteiger partial charge in [-0.15, -0.1) is 11.3 Å². The molecule has 2 rings (SSSR count). The standard InChI is InChI=1S/C15H26N2OS/c1-5-16-7-15-6-14(13(4)19-15)10-17-8-11(2)18-12(3)9-17/h6,11-12,16H,5,7-10H2,1-4H3/t11-,12+. The molecule has 1 N–H and O–H groups in total. The van der Waals surface area contributed by atoms with Crippen LogP contribution in [0.4, 0.5) is 0 Å². The summed E-state index contributed by atoms with van der Waals surface area (Å²) in [6.45, 7) is 13.9. The Kier molecular flexibility index (Phi) is 5.39. The maximum Gasteiger partial charge on any atom is 0.0678 e. The van der Waals surface area contributed by atoms with Crippen molar-refractivity contribution in [2.45, 2.75) is 53.0 Å². The number of hydrogen-bond acceptors (Lipinski definition) is 4. The van der Waals surface area contributed by atoms with E-state index in [1.54, 1.807) is 0 Å². The highest BCUT2D eigenvalue weighted by molar-refractivity contribution is 7.12. The first-order valence-corrected chi connectivity index (χ1v) is 8.06. The van der Waals surface area contributed by atoms with Crippen molar-refractivity contribution < 1.29 is 4.74 Å². The zero-order valence-corrected chi connectivity index (χ0v) is 13.3. The lowest BCUT2D eigenvalue weighted by Crippen LogP contribution is -2.44. The van der Waals surface area contributed by atoms with Gasteiger partial charge in [-0.3, -0.25) is 4.90 Å². The van der Waals surface area contributed by atoms with Gasteiger partial charge in [-0.25, -0.2) is 0 Å². The van der Waals surface area contributed by atoms with Crippen LogP contribution >= 0.6 is 11.3 Å². The van der Waals surface area contributed by atoms with Crippen molar-refractivity contribution in [3.8, 4) is 0 Å². The van der Waals surface area contributed by atoms with Crippen LogP contribution in [0.5, 0.6) is 0 Å². The van der Waals surface area contributed by atoms with Crippen molar-refractivity contribution in [1.29, 1.82) is 0 Å². The van der Waals surface area contributed by atoms with Crippen LogP contribution < -0.4 is 5.32 Å². The summed E-state index contributed by atoms with van der Waals surface area (Å²) in [5.74, 6) is 0. The van der Waals surface area contributed by atoms with E-state index in [1.807, 2.05) is 11.3 Å². The summed E-state index contributed by atoms with van der Waals surface area (Å²) >= 11 is 1.92. The number of thiophene rings is 1. The molecule has 4 heteroatoms. The summed E-state index contributed by atoms with van der Waals surface area (Å²) in [6.07, 6.45) is 0.702. The Morgan fingerprint density at radius 1 is 1.37 bits per heavy atom. The topological polar surface area (TPSA) is 24.5 Å². The van der Waals surface area contributed by atoms with Crippen molar-refractivity contribution in [1.82, 2.24) is 10.2 Å². The lowest BCUT2D eigenvalue weighted by molar-refractivity contribution is -0.0705. The van der Waals surface area contributed by atoms with Gasteiger partial charge in [0, 0.05) is 35.9 Å². The molecule has 0 saturated carbocycles. The molecule has 1 saturated heterocycles. The van der Waals surface area contributed by atoms with Gasteiger partial charge in [0.2, 0.25) is 0 Å². The number of morpholine rings is 1. The van der Waals surface area contributed by atoms with Gasteiger partial charge in [0.15, 0.2) is 0 Å². The van der Waals surface area contributed by atoms with E-state index in [9.17, 15) is 0 Å². The van der Waals surface area contributed by atoms with Crippen LogP contribution in [0.1, 0.15) is 36.1 Å². The molecule has 2 heterocycles. The third-order valence-corrected chi connectivity index (χ3v) is 4.60. The summed E-state index contributed by atoms with van der Waals surface area (Å²) in [7, 11) is 0. The highest BCUT2D eigenvalue weighted by Crippen LogP contribution is 2.24. The quantitative estimate of drug-likeness (QED) is 0.899. The SMILES string of the molecule is CCNCc1cc(CN2C[C@@H](C)O[C@@H](C)C2)c(C)s1. The second-order valence-corrected chi connectivity index (χ2v) is 6.87. The third-order valence-electron chi connectivity index (χ3n) is 3.51. The fourth-order valence-corrected chi connectivity index (χ4v) is 3.76. The Balaban J connectivity index is 1.96. The first kappa shape index (κ1) is 15.0. The van der Waals surface area contributed by atoms with Crippen molar-refractivity contribution in [2.24, 2.45) is 0 Å². The summed E-state index contributed by atoms with van der Waals surface area (Å²) in [5, 5.41) is 3.40. The van der Waals surface area contributed by atoms with Gasteiger partial charge < -0.3 is 10.1 Å². The van der Waals surface area contributed by atoms with Crippen molar-refractivity contribution in [3.05, 3.63) is 21.4 Å². The molecule has 0 radical (unpaired) electrons. The summed E-state index contributed by atoms with van der Waals surface area (Å²) in [6, 6.07) is 2.37. The van der Waals surface area contributed by atoms with E-state index in [-0.39, 0.29) is 0 Å². The minimum atomic E-state index is 0.351. The summed E-state index contributed by atoms with van der Waals surface area (Å²) < 4.78 is 5.79. The van der Waals surface area contributed by atoms with Crippen LogP contribution in [-0.2, 0) is 17.8 Å². The number of aryl methyl sites for hydroxylation is 1. The zero-order chi connectivity index (χ0) is 13.8. The van der Waals surface area contributed by atoms with Gasteiger partial charge in [-0.2, -0.15) is 0 Å². The predicted molar refractivity (Wildman–Crippen MR) is 81.7 cm³/mol. The molecule has 0 unspecified atom stereocenters. The minimum absolute atomic E-state index is 0.351. The van der Waals surface area contributed by atoms with E-state index >= 15 is 0 Å². The van der Waals surface area contributed by atoms with Crippen LogP contribution in [0.3, 0.4) is 0 Å². The molecule has 3 nitrogen and oxygen atoms in total. The molecule has 1 aliphatic rings. The smallest absolute Gasteiger partial charge is 0.0678 e. The molecule has 2 atom stereocenters. The van der Waals surface area contributed by atoms with Gasteiger partial charge >= 0.3 is 0 Å². The fourth-order valence-electron chi connectivity index (χ4n) is 2.73. The Morgan fingerprint density at radius 3 is 2.68 bits per heavy atom. The van der Waals surface area contributed by atoms with Crippen molar-refractivity contribution in [3.63, 3.8) is 0 Å². The van der Waals surface area contributed by atoms with Gasteiger partial charge in [0.1, 0.15) is 0 Å². The normalized spacial score (nSPS) is 24.8. The van der Waals surface area contributed by atoms with Crippen molar-refractivity contribution in [2.75, 3.05) is 19.6 Å². The van der Waals surface area contributed by atoms with Crippen molar-refractivity contribution >= 4 is 11.3 Å². The molecule has 19 heavy (non-hydrogen) atoms. The van der Waals surface area contributed by atoms with E-state index in [4.69, 9.17) is 4.74 Å². The number of hydrogen-bond donors (Lipinski definition) is 1. The lowest BCUT2D eigenvalue weighted by Gasteiger charge is -2.35. The Morgan fingerprint density at radius 2 is 2.05 bits per heavy atom. The molecular weight excluding hydrogens is 256 g/mol. The Bertz CT molecular complexity index is 395. The predicted octanol–water partition coefficient (Wildman–Crippen LogP) is 2.78. The molecule has 0 aromatic carbocycles. The zero-order valence-electron chi connectivity index (χ0n) is 12.5.